The fourth-order valence-corrected chi connectivity index (χ4v) is 4.05. The van der Waals surface area contributed by atoms with Gasteiger partial charge in [0.25, 0.3) is 5.91 Å². The maximum Gasteiger partial charge on any atom is 0.256 e. The molecule has 2 aliphatic rings. The molecule has 0 radical (unpaired) electrons. The molecule has 2 aliphatic heterocycles. The van der Waals surface area contributed by atoms with Gasteiger partial charge in [0.2, 0.25) is 0 Å². The zero-order valence-electron chi connectivity index (χ0n) is 19.0. The Labute approximate surface area is 184 Å². The van der Waals surface area contributed by atoms with E-state index < -0.39 is 17.9 Å². The van der Waals surface area contributed by atoms with Gasteiger partial charge in [-0.15, -0.1) is 0 Å². The Balaban J connectivity index is 2.12. The Hall–Kier alpha value is -2.99. The number of ether oxygens (including phenoxy) is 2. The molecular weight excluding hydrogens is 392 g/mol. The van der Waals surface area contributed by atoms with Crippen LogP contribution in [0.1, 0.15) is 37.6 Å². The van der Waals surface area contributed by atoms with Gasteiger partial charge in [-0.2, -0.15) is 0 Å². The number of benzene rings is 1. The number of carbonyl (C=O) groups excluding carboxylic acids is 1. The second-order valence-electron chi connectivity index (χ2n) is 8.81. The fourth-order valence-electron chi connectivity index (χ4n) is 4.05. The van der Waals surface area contributed by atoms with E-state index in [4.69, 9.17) is 9.47 Å². The van der Waals surface area contributed by atoms with Crippen LogP contribution in [-0.4, -0.2) is 54.5 Å². The molecule has 0 saturated heterocycles. The first-order chi connectivity index (χ1) is 14.6. The summed E-state index contributed by atoms with van der Waals surface area (Å²) in [4.78, 5) is 17.1. The van der Waals surface area contributed by atoms with E-state index in [0.29, 0.717) is 35.7 Å². The lowest BCUT2D eigenvalue weighted by atomic mass is 9.92. The number of methoxy groups -OCH3 is 1. The Morgan fingerprint density at radius 2 is 1.90 bits per heavy atom. The van der Waals surface area contributed by atoms with Gasteiger partial charge in [0.05, 0.1) is 24.4 Å². The molecule has 2 atom stereocenters. The minimum Gasteiger partial charge on any atom is -0.493 e. The maximum atomic E-state index is 13.6. The third-order valence-electron chi connectivity index (χ3n) is 5.57. The highest BCUT2D eigenvalue weighted by Gasteiger charge is 2.41. The van der Waals surface area contributed by atoms with E-state index in [1.807, 2.05) is 32.9 Å². The van der Waals surface area contributed by atoms with Crippen molar-refractivity contribution in [2.75, 3.05) is 25.6 Å². The van der Waals surface area contributed by atoms with Crippen LogP contribution >= 0.6 is 0 Å². The summed E-state index contributed by atoms with van der Waals surface area (Å²) >= 11 is 0. The lowest BCUT2D eigenvalue weighted by Crippen LogP contribution is -2.53. The van der Waals surface area contributed by atoms with Gasteiger partial charge in [0, 0.05) is 19.7 Å². The average Bonchev–Trinajstić information content (AvgIpc) is 2.80. The summed E-state index contributed by atoms with van der Waals surface area (Å²) in [6, 6.07) is 3.08. The molecule has 2 heterocycles. The highest BCUT2D eigenvalue weighted by atomic mass is 16.5. The van der Waals surface area contributed by atoms with E-state index in [1.165, 1.54) is 0 Å². The molecule has 3 rings (SSSR count). The number of hydrogen-bond donors (Lipinski definition) is 1. The van der Waals surface area contributed by atoms with Crippen LogP contribution in [0.3, 0.4) is 0 Å². The minimum absolute atomic E-state index is 0.156. The number of rotatable bonds is 5. The van der Waals surface area contributed by atoms with Crippen LogP contribution in [0.5, 0.6) is 11.5 Å². The third-order valence-corrected chi connectivity index (χ3v) is 5.57. The normalized spacial score (nSPS) is 21.5. The van der Waals surface area contributed by atoms with Crippen LogP contribution in [0.2, 0.25) is 0 Å². The van der Waals surface area contributed by atoms with Crippen molar-refractivity contribution in [3.05, 3.63) is 66.3 Å². The van der Waals surface area contributed by atoms with Gasteiger partial charge >= 0.3 is 0 Å². The number of aliphatic hydroxyl groups is 1. The van der Waals surface area contributed by atoms with Crippen molar-refractivity contribution in [1.29, 1.82) is 0 Å². The molecule has 0 spiro atoms. The monoisotopic (exact) mass is 424 g/mol. The van der Waals surface area contributed by atoms with Crippen LogP contribution < -0.4 is 14.4 Å². The number of allylic oxidation sites excluding steroid dienone is 3. The summed E-state index contributed by atoms with van der Waals surface area (Å²) in [6.45, 7) is 13.9. The molecule has 1 aromatic rings. The van der Waals surface area contributed by atoms with Gasteiger partial charge in [0.1, 0.15) is 11.8 Å². The van der Waals surface area contributed by atoms with Crippen molar-refractivity contribution >= 4 is 11.6 Å². The number of hydrogen-bond acceptors (Lipinski definition) is 5. The van der Waals surface area contributed by atoms with Crippen LogP contribution in [0.15, 0.2) is 60.7 Å². The predicted octanol–water partition coefficient (Wildman–Crippen LogP) is 4.08. The molecule has 166 valence electrons. The van der Waals surface area contributed by atoms with Crippen molar-refractivity contribution in [2.45, 2.75) is 45.1 Å². The zero-order valence-corrected chi connectivity index (χ0v) is 19.0. The van der Waals surface area contributed by atoms with E-state index >= 15 is 0 Å². The number of aliphatic hydroxyl groups excluding tert-OH is 1. The number of carbonyl (C=O) groups is 1. The van der Waals surface area contributed by atoms with Gasteiger partial charge in [-0.05, 0) is 44.4 Å². The maximum absolute atomic E-state index is 13.6. The van der Waals surface area contributed by atoms with E-state index in [0.717, 1.165) is 11.1 Å². The van der Waals surface area contributed by atoms with Gasteiger partial charge < -0.3 is 24.4 Å². The summed E-state index contributed by atoms with van der Waals surface area (Å²) < 4.78 is 11.6. The van der Waals surface area contributed by atoms with Crippen molar-refractivity contribution in [1.82, 2.24) is 4.90 Å². The van der Waals surface area contributed by atoms with E-state index in [-0.39, 0.29) is 5.91 Å². The van der Waals surface area contributed by atoms with Gasteiger partial charge in [0.15, 0.2) is 11.5 Å². The second-order valence-corrected chi connectivity index (χ2v) is 8.81. The van der Waals surface area contributed by atoms with Crippen LogP contribution in [0, 0.1) is 0 Å². The second kappa shape index (κ2) is 8.63. The highest BCUT2D eigenvalue weighted by Crippen LogP contribution is 2.41. The van der Waals surface area contributed by atoms with Crippen molar-refractivity contribution in [2.24, 2.45) is 0 Å². The largest absolute Gasteiger partial charge is 0.493 e. The van der Waals surface area contributed by atoms with Crippen LogP contribution in [-0.2, 0) is 0 Å². The first kappa shape index (κ1) is 22.7. The smallest absolute Gasteiger partial charge is 0.256 e. The van der Waals surface area contributed by atoms with Gasteiger partial charge in [-0.3, -0.25) is 4.79 Å². The Bertz CT molecular complexity index is 955. The molecule has 1 aromatic carbocycles. The molecule has 6 heteroatoms. The average molecular weight is 425 g/mol. The number of amides is 1. The third kappa shape index (κ3) is 4.39. The summed E-state index contributed by atoms with van der Waals surface area (Å²) in [5.41, 5.74) is 2.63. The number of nitrogens with zero attached hydrogens (tertiary/aromatic N) is 2. The predicted molar refractivity (Wildman–Crippen MR) is 124 cm³/mol. The van der Waals surface area contributed by atoms with Gasteiger partial charge in [-0.1, -0.05) is 37.5 Å². The molecule has 0 fully saturated rings. The highest BCUT2D eigenvalue weighted by molar-refractivity contribution is 6.02. The molecule has 1 amide bonds. The number of likely N-dealkylation sites (N-methyl/N-ethyl adjacent to an activating group) is 1. The Morgan fingerprint density at radius 1 is 1.19 bits per heavy atom. The molecule has 31 heavy (non-hydrogen) atoms. The molecule has 1 unspecified atom stereocenters. The molecule has 0 aliphatic carbocycles. The number of anilines is 1. The van der Waals surface area contributed by atoms with Crippen LogP contribution in [0.4, 0.5) is 5.69 Å². The topological polar surface area (TPSA) is 62.2 Å². The zero-order chi connectivity index (χ0) is 22.9. The lowest BCUT2D eigenvalue weighted by molar-refractivity contribution is 0.0399. The molecule has 6 nitrogen and oxygen atoms in total. The SMILES string of the molecule is C=C/C=C\C1=C(C=C)C[C@H]2C(O)N(C)c3cc(OC(C)(C)C)c(OC)cc3C(=O)N2C1. The summed E-state index contributed by atoms with van der Waals surface area (Å²) in [7, 11) is 3.34. The molecular formula is C25H32N2O4. The standard InChI is InChI=1S/C25H32N2O4/c1-8-10-11-17-15-27-20(12-16(17)9-2)24(29)26(6)19-14-22(31-25(3,4)5)21(30-7)13-18(19)23(27)28/h8-11,13-14,20,24,29H,1-2,12,15H2,3-7H3/b11-10-/t20-,24?/m0/s1. The molecule has 0 saturated carbocycles. The van der Waals surface area contributed by atoms with E-state index in [2.05, 4.69) is 13.2 Å². The Kier molecular flexibility index (Phi) is 6.32. The number of fused-ring (bicyclic) bond motifs is 2. The minimum atomic E-state index is -0.888. The van der Waals surface area contributed by atoms with E-state index in [1.54, 1.807) is 48.2 Å². The summed E-state index contributed by atoms with van der Waals surface area (Å²) in [5, 5.41) is 11.2. The van der Waals surface area contributed by atoms with Crippen molar-refractivity contribution < 1.29 is 19.4 Å². The molecule has 1 N–H and O–H groups in total. The van der Waals surface area contributed by atoms with Crippen molar-refractivity contribution in [3.8, 4) is 11.5 Å². The van der Waals surface area contributed by atoms with E-state index in [9.17, 15) is 9.90 Å². The summed E-state index contributed by atoms with van der Waals surface area (Å²) in [6.07, 6.45) is 6.90. The summed E-state index contributed by atoms with van der Waals surface area (Å²) in [5.74, 6) is 0.853. The van der Waals surface area contributed by atoms with Gasteiger partial charge in [-0.25, -0.2) is 0 Å². The van der Waals surface area contributed by atoms with Crippen LogP contribution in [0.25, 0.3) is 0 Å². The van der Waals surface area contributed by atoms with Crippen molar-refractivity contribution in [3.63, 3.8) is 0 Å². The fraction of sp³-hybridized carbons (Fsp3) is 0.400. The lowest BCUT2D eigenvalue weighted by Gasteiger charge is -2.39. The first-order valence-electron chi connectivity index (χ1n) is 10.4. The first-order valence-corrected chi connectivity index (χ1v) is 10.4. The molecule has 0 aromatic heterocycles. The molecule has 0 bridgehead atoms. The Morgan fingerprint density at radius 3 is 2.48 bits per heavy atom. The quantitative estimate of drug-likeness (QED) is 0.722.